The number of benzene rings is 2. The highest BCUT2D eigenvalue weighted by molar-refractivity contribution is 5.99. The molecule has 252 valence electrons. The number of aromatic nitrogens is 6. The minimum Gasteiger partial charge on any atom is -0.415 e. The minimum absolute atomic E-state index is 0.000967. The van der Waals surface area contributed by atoms with Crippen LogP contribution in [-0.2, 0) is 28.5 Å². The van der Waals surface area contributed by atoms with Gasteiger partial charge < -0.3 is 9.73 Å². The second kappa shape index (κ2) is 14.4. The second-order valence-corrected chi connectivity index (χ2v) is 12.1. The van der Waals surface area contributed by atoms with Gasteiger partial charge in [0.15, 0.2) is 5.78 Å². The van der Waals surface area contributed by atoms with Crippen molar-refractivity contribution in [1.29, 1.82) is 0 Å². The van der Waals surface area contributed by atoms with Gasteiger partial charge in [0.2, 0.25) is 0 Å². The molecule has 1 amide bonds. The Kier molecular flexibility index (Phi) is 9.83. The highest BCUT2D eigenvalue weighted by Crippen LogP contribution is 2.51. The number of Topliss-reactive ketones (excluding diaryl/α,β-unsaturated/α-hetero) is 1. The van der Waals surface area contributed by atoms with Crippen molar-refractivity contribution in [1.82, 2.24) is 35.5 Å². The van der Waals surface area contributed by atoms with E-state index in [1.165, 1.54) is 35.9 Å². The number of hydrogen-bond donors (Lipinski definition) is 1. The number of amides is 1. The lowest BCUT2D eigenvalue weighted by atomic mass is 9.92. The van der Waals surface area contributed by atoms with E-state index in [9.17, 15) is 27.2 Å². The van der Waals surface area contributed by atoms with Crippen molar-refractivity contribution in [3.8, 4) is 11.5 Å². The molecule has 0 unspecified atom stereocenters. The van der Waals surface area contributed by atoms with Crippen molar-refractivity contribution < 1.29 is 31.6 Å². The smallest absolute Gasteiger partial charge is 0.315 e. The van der Waals surface area contributed by atoms with Crippen molar-refractivity contribution in [3.05, 3.63) is 120 Å². The molecule has 14 heteroatoms. The summed E-state index contributed by atoms with van der Waals surface area (Å²) in [4.78, 5) is 39.8. The molecule has 5 aromatic rings. The van der Waals surface area contributed by atoms with E-state index in [0.29, 0.717) is 23.6 Å². The largest absolute Gasteiger partial charge is 0.415 e. The zero-order valence-electron chi connectivity index (χ0n) is 26.1. The summed E-state index contributed by atoms with van der Waals surface area (Å²) < 4.78 is 54.1. The molecule has 2 aliphatic rings. The minimum atomic E-state index is -3.14. The fourth-order valence-corrected chi connectivity index (χ4v) is 5.56. The Labute approximate surface area is 278 Å². The molecule has 2 saturated carbocycles. The molecule has 7 rings (SSSR count). The van der Waals surface area contributed by atoms with Gasteiger partial charge in [-0.15, -0.1) is 10.2 Å². The maximum absolute atomic E-state index is 12.5. The normalized spacial score (nSPS) is 15.3. The van der Waals surface area contributed by atoms with Crippen LogP contribution in [0.3, 0.4) is 0 Å². The Bertz CT molecular complexity index is 1870. The quantitative estimate of drug-likeness (QED) is 0.124. The lowest BCUT2D eigenvalue weighted by molar-refractivity contribution is -0.131. The lowest BCUT2D eigenvalue weighted by Gasteiger charge is -2.14. The van der Waals surface area contributed by atoms with Crippen LogP contribution in [0.4, 0.5) is 17.6 Å². The Balaban J connectivity index is 0.000000170. The Morgan fingerprint density at radius 2 is 1.20 bits per heavy atom. The van der Waals surface area contributed by atoms with Gasteiger partial charge in [-0.3, -0.25) is 9.59 Å². The summed E-state index contributed by atoms with van der Waals surface area (Å²) in [7, 11) is 0. The predicted molar refractivity (Wildman–Crippen MR) is 168 cm³/mol. The molecule has 49 heavy (non-hydrogen) atoms. The first-order valence-electron chi connectivity index (χ1n) is 15.6. The van der Waals surface area contributed by atoms with Crippen LogP contribution in [0, 0.1) is 0 Å². The van der Waals surface area contributed by atoms with Crippen LogP contribution >= 0.6 is 0 Å². The fourth-order valence-electron chi connectivity index (χ4n) is 5.56. The number of hydrogen-bond acceptors (Lipinski definition) is 9. The SMILES string of the molecule is FC(F)c1nnc(-c2cnc(CC3(c4ccccc4)CC3)nc2)o1.O=C(CNC(=O)C(F)F)c1cnc(CC2(c3ccccc3)CC2)nc1. The topological polar surface area (TPSA) is 137 Å². The molecule has 1 N–H and O–H groups in total. The maximum atomic E-state index is 12.5. The van der Waals surface area contributed by atoms with E-state index in [1.54, 1.807) is 0 Å². The van der Waals surface area contributed by atoms with Gasteiger partial charge in [0, 0.05) is 48.5 Å². The van der Waals surface area contributed by atoms with E-state index in [4.69, 9.17) is 4.42 Å². The lowest BCUT2D eigenvalue weighted by Crippen LogP contribution is -2.34. The molecule has 0 aliphatic heterocycles. The Morgan fingerprint density at radius 3 is 1.63 bits per heavy atom. The first kappa shape index (κ1) is 33.5. The summed E-state index contributed by atoms with van der Waals surface area (Å²) in [5.41, 5.74) is 3.36. The molecule has 0 spiro atoms. The van der Waals surface area contributed by atoms with Gasteiger partial charge in [-0.25, -0.2) is 19.9 Å². The van der Waals surface area contributed by atoms with Gasteiger partial charge in [-0.1, -0.05) is 60.7 Å². The zero-order chi connectivity index (χ0) is 34.4. The molecule has 0 saturated heterocycles. The van der Waals surface area contributed by atoms with Crippen LogP contribution in [0.1, 0.15) is 71.1 Å². The molecule has 3 aromatic heterocycles. The number of alkyl halides is 4. The highest BCUT2D eigenvalue weighted by Gasteiger charge is 2.45. The number of nitrogens with zero attached hydrogens (tertiary/aromatic N) is 6. The average Bonchev–Trinajstić information content (AvgIpc) is 4.04. The van der Waals surface area contributed by atoms with Crippen LogP contribution in [0.15, 0.2) is 89.9 Å². The molecule has 0 atom stereocenters. The molecule has 3 heterocycles. The Hall–Kier alpha value is -5.40. The molecular formula is C35H31F4N7O3. The first-order chi connectivity index (χ1) is 23.7. The van der Waals surface area contributed by atoms with E-state index in [2.05, 4.69) is 54.4 Å². The van der Waals surface area contributed by atoms with Crippen molar-refractivity contribution in [2.45, 2.75) is 62.2 Å². The van der Waals surface area contributed by atoms with Gasteiger partial charge in [-0.05, 0) is 36.8 Å². The van der Waals surface area contributed by atoms with Gasteiger partial charge in [0.05, 0.1) is 17.7 Å². The third-order valence-electron chi connectivity index (χ3n) is 8.70. The van der Waals surface area contributed by atoms with E-state index in [1.807, 2.05) is 41.7 Å². The van der Waals surface area contributed by atoms with E-state index < -0.39 is 37.0 Å². The van der Waals surface area contributed by atoms with Gasteiger partial charge in [0.25, 0.3) is 17.7 Å². The van der Waals surface area contributed by atoms with Crippen molar-refractivity contribution in [2.24, 2.45) is 0 Å². The standard InChI is InChI=1S/C18H17F2N3O2.C17H14F2N4O/c19-16(20)17(25)23-11-14(24)12-9-21-15(22-10-12)8-18(6-7-18)13-4-2-1-3-5-13;18-14(19)16-23-22-15(24-16)11-9-20-13(21-10-11)8-17(6-7-17)12-4-2-1-3-5-12/h1-5,9-10,16H,6-8,11H2,(H,23,25);1-5,9-10,14H,6-8H2. The number of carbonyl (C=O) groups excluding carboxylic acids is 2. The van der Waals surface area contributed by atoms with Gasteiger partial charge in [-0.2, -0.15) is 17.6 Å². The molecular weight excluding hydrogens is 642 g/mol. The third kappa shape index (κ3) is 8.19. The molecule has 2 aliphatic carbocycles. The summed E-state index contributed by atoms with van der Waals surface area (Å²) in [5, 5.41) is 8.77. The second-order valence-electron chi connectivity index (χ2n) is 12.1. The fraction of sp³-hybridized carbons (Fsp3) is 0.314. The monoisotopic (exact) mass is 673 g/mol. The number of carbonyl (C=O) groups is 2. The van der Waals surface area contributed by atoms with E-state index >= 15 is 0 Å². The summed E-state index contributed by atoms with van der Waals surface area (Å²) in [6.45, 7) is -0.500. The first-order valence-corrected chi connectivity index (χ1v) is 15.6. The van der Waals surface area contributed by atoms with Crippen LogP contribution < -0.4 is 5.32 Å². The van der Waals surface area contributed by atoms with Crippen LogP contribution in [0.2, 0.25) is 0 Å². The van der Waals surface area contributed by atoms with E-state index in [-0.39, 0.29) is 22.3 Å². The summed E-state index contributed by atoms with van der Waals surface area (Å²) >= 11 is 0. The van der Waals surface area contributed by atoms with Crippen molar-refractivity contribution in [3.63, 3.8) is 0 Å². The maximum Gasteiger partial charge on any atom is 0.315 e. The van der Waals surface area contributed by atoms with Crippen molar-refractivity contribution >= 4 is 11.7 Å². The predicted octanol–water partition coefficient (Wildman–Crippen LogP) is 6.05. The third-order valence-corrected chi connectivity index (χ3v) is 8.70. The molecule has 10 nitrogen and oxygen atoms in total. The van der Waals surface area contributed by atoms with Crippen molar-refractivity contribution in [2.75, 3.05) is 6.54 Å². The molecule has 2 fully saturated rings. The molecule has 0 bridgehead atoms. The summed E-state index contributed by atoms with van der Waals surface area (Å²) in [6.07, 6.45) is 5.70. The Morgan fingerprint density at radius 1 is 0.714 bits per heavy atom. The highest BCUT2D eigenvalue weighted by atomic mass is 19.3. The molecule has 0 radical (unpaired) electrons. The summed E-state index contributed by atoms with van der Waals surface area (Å²) in [6, 6.07) is 20.5. The number of nitrogens with one attached hydrogen (secondary N) is 1. The van der Waals surface area contributed by atoms with Crippen LogP contribution in [0.5, 0.6) is 0 Å². The number of rotatable bonds is 12. The van der Waals surface area contributed by atoms with Crippen LogP contribution in [-0.4, -0.2) is 54.8 Å². The number of ketones is 1. The summed E-state index contributed by atoms with van der Waals surface area (Å²) in [5.74, 6) is -1.33. The van der Waals surface area contributed by atoms with Crippen LogP contribution in [0.25, 0.3) is 11.5 Å². The number of halogens is 4. The van der Waals surface area contributed by atoms with E-state index in [0.717, 1.165) is 32.1 Å². The van der Waals surface area contributed by atoms with Gasteiger partial charge in [0.1, 0.15) is 11.6 Å². The average molecular weight is 674 g/mol. The van der Waals surface area contributed by atoms with Gasteiger partial charge >= 0.3 is 12.9 Å². The molecule has 2 aromatic carbocycles. The zero-order valence-corrected chi connectivity index (χ0v) is 26.1.